The van der Waals surface area contributed by atoms with Crippen LogP contribution in [0, 0.1) is 0 Å². The Morgan fingerprint density at radius 3 is 2.71 bits per heavy atom. The third-order valence-electron chi connectivity index (χ3n) is 3.38. The highest BCUT2D eigenvalue weighted by Gasteiger charge is 2.23. The number of fused-ring (bicyclic) bond motifs is 1. The molecule has 1 atom stereocenters. The van der Waals surface area contributed by atoms with Crippen molar-refractivity contribution in [3.63, 3.8) is 0 Å². The number of nitrogens with one attached hydrogen (secondary N) is 1. The zero-order valence-corrected chi connectivity index (χ0v) is 15.3. The summed E-state index contributed by atoms with van der Waals surface area (Å²) in [6.07, 6.45) is 0.380. The number of benzene rings is 2. The molecule has 3 rings (SSSR count). The molecule has 0 radical (unpaired) electrons. The molecule has 1 unspecified atom stereocenters. The highest BCUT2D eigenvalue weighted by atomic mass is 79.9. The van der Waals surface area contributed by atoms with Crippen LogP contribution in [0.25, 0.3) is 0 Å². The van der Waals surface area contributed by atoms with Gasteiger partial charge in [0.05, 0.1) is 16.3 Å². The van der Waals surface area contributed by atoms with E-state index in [1.54, 1.807) is 6.07 Å². The summed E-state index contributed by atoms with van der Waals surface area (Å²) in [5.74, 6) is -0.00942. The van der Waals surface area contributed by atoms with E-state index in [9.17, 15) is 4.79 Å². The topological polar surface area (TPSA) is 29.1 Å². The minimum absolute atomic E-state index is 0.00942. The summed E-state index contributed by atoms with van der Waals surface area (Å²) in [4.78, 5) is 11.3. The molecule has 0 aliphatic carbocycles. The molecule has 2 aromatic rings. The maximum absolute atomic E-state index is 11.5. The first kappa shape index (κ1) is 15.3. The van der Waals surface area contributed by atoms with Crippen molar-refractivity contribution in [1.29, 1.82) is 0 Å². The molecule has 1 aliphatic rings. The monoisotopic (exact) mass is 447 g/mol. The molecule has 0 fully saturated rings. The molecule has 1 heterocycles. The summed E-state index contributed by atoms with van der Waals surface area (Å²) in [6, 6.07) is 9.49. The fourth-order valence-electron chi connectivity index (χ4n) is 2.35. The number of halogens is 4. The number of hydrogen-bond donors (Lipinski definition) is 1. The van der Waals surface area contributed by atoms with Gasteiger partial charge in [0.25, 0.3) is 0 Å². The molecule has 2 nitrogen and oxygen atoms in total. The molecule has 1 N–H and O–H groups in total. The molecular formula is C15H9Br2Cl2NO. The van der Waals surface area contributed by atoms with Gasteiger partial charge in [0.15, 0.2) is 0 Å². The van der Waals surface area contributed by atoms with E-state index >= 15 is 0 Å². The Balaban J connectivity index is 2.06. The highest BCUT2D eigenvalue weighted by Crippen LogP contribution is 2.42. The standard InChI is InChI=1S/C15H9Br2Cl2NO/c16-10-3-1-2-8(15(10)19)14(17)9-4-7-5-13(21)20-12(7)6-11(9)18/h1-4,6,14H,5H2,(H,20,21). The molecule has 6 heteroatoms. The summed E-state index contributed by atoms with van der Waals surface area (Å²) >= 11 is 19.8. The van der Waals surface area contributed by atoms with Gasteiger partial charge in [-0.05, 0) is 44.8 Å². The number of alkyl halides is 1. The summed E-state index contributed by atoms with van der Waals surface area (Å²) in [7, 11) is 0. The number of hydrogen-bond acceptors (Lipinski definition) is 1. The van der Waals surface area contributed by atoms with Gasteiger partial charge in [0.2, 0.25) is 5.91 Å². The summed E-state index contributed by atoms with van der Waals surface area (Å²) in [6.45, 7) is 0. The van der Waals surface area contributed by atoms with Crippen molar-refractivity contribution in [1.82, 2.24) is 0 Å². The van der Waals surface area contributed by atoms with Gasteiger partial charge in [-0.1, -0.05) is 57.3 Å². The molecule has 2 aromatic carbocycles. The first-order valence-electron chi connectivity index (χ1n) is 6.17. The number of amides is 1. The van der Waals surface area contributed by atoms with Crippen LogP contribution in [0.4, 0.5) is 5.69 Å². The third-order valence-corrected chi connectivity index (χ3v) is 6.00. The Hall–Kier alpha value is -0.550. The SMILES string of the molecule is O=C1Cc2cc(C(Br)c3cccc(Br)c3Cl)c(Cl)cc2N1. The maximum atomic E-state index is 11.5. The van der Waals surface area contributed by atoms with Crippen LogP contribution < -0.4 is 5.32 Å². The van der Waals surface area contributed by atoms with E-state index in [-0.39, 0.29) is 10.7 Å². The lowest BCUT2D eigenvalue weighted by atomic mass is 10.0. The van der Waals surface area contributed by atoms with Crippen molar-refractivity contribution in [3.05, 3.63) is 61.5 Å². The average Bonchev–Trinajstić information content (AvgIpc) is 2.79. The number of carbonyl (C=O) groups is 1. The number of carbonyl (C=O) groups excluding carboxylic acids is 1. The van der Waals surface area contributed by atoms with Gasteiger partial charge in [-0.15, -0.1) is 0 Å². The summed E-state index contributed by atoms with van der Waals surface area (Å²) in [5, 5.41) is 4.03. The lowest BCUT2D eigenvalue weighted by Crippen LogP contribution is -2.03. The lowest BCUT2D eigenvalue weighted by molar-refractivity contribution is -0.115. The number of rotatable bonds is 2. The molecule has 0 spiro atoms. The molecule has 108 valence electrons. The van der Waals surface area contributed by atoms with Crippen molar-refractivity contribution < 1.29 is 4.79 Å². The van der Waals surface area contributed by atoms with Gasteiger partial charge in [0.1, 0.15) is 0 Å². The van der Waals surface area contributed by atoms with Gasteiger partial charge in [-0.25, -0.2) is 0 Å². The Morgan fingerprint density at radius 2 is 1.95 bits per heavy atom. The number of anilines is 1. The Morgan fingerprint density at radius 1 is 1.19 bits per heavy atom. The van der Waals surface area contributed by atoms with Crippen LogP contribution in [0.2, 0.25) is 10.0 Å². The van der Waals surface area contributed by atoms with Gasteiger partial charge in [0, 0.05) is 15.2 Å². The quantitative estimate of drug-likeness (QED) is 0.582. The fraction of sp³-hybridized carbons (Fsp3) is 0.133. The van der Waals surface area contributed by atoms with Gasteiger partial charge in [-0.3, -0.25) is 4.79 Å². The van der Waals surface area contributed by atoms with Crippen LogP contribution in [0.3, 0.4) is 0 Å². The molecule has 0 bridgehead atoms. The molecule has 1 aliphatic heterocycles. The van der Waals surface area contributed by atoms with Crippen LogP contribution in [0.5, 0.6) is 0 Å². The maximum Gasteiger partial charge on any atom is 0.228 e. The molecule has 0 saturated carbocycles. The molecule has 1 amide bonds. The van der Waals surface area contributed by atoms with Crippen molar-refractivity contribution in [2.24, 2.45) is 0 Å². The third kappa shape index (κ3) is 2.87. The van der Waals surface area contributed by atoms with E-state index in [2.05, 4.69) is 37.2 Å². The first-order valence-corrected chi connectivity index (χ1v) is 8.64. The van der Waals surface area contributed by atoms with E-state index < -0.39 is 0 Å². The second kappa shape index (κ2) is 5.92. The predicted molar refractivity (Wildman–Crippen MR) is 93.7 cm³/mol. The highest BCUT2D eigenvalue weighted by molar-refractivity contribution is 9.10. The smallest absolute Gasteiger partial charge is 0.228 e. The van der Waals surface area contributed by atoms with Crippen LogP contribution in [-0.2, 0) is 11.2 Å². The van der Waals surface area contributed by atoms with Gasteiger partial charge in [-0.2, -0.15) is 0 Å². The zero-order chi connectivity index (χ0) is 15.1. The van der Waals surface area contributed by atoms with E-state index in [0.717, 1.165) is 26.9 Å². The van der Waals surface area contributed by atoms with Crippen LogP contribution in [0.1, 0.15) is 21.5 Å². The average molecular weight is 450 g/mol. The van der Waals surface area contributed by atoms with E-state index in [4.69, 9.17) is 23.2 Å². The second-order valence-corrected chi connectivity index (χ2v) is 7.32. The van der Waals surface area contributed by atoms with Crippen molar-refractivity contribution in [2.75, 3.05) is 5.32 Å². The lowest BCUT2D eigenvalue weighted by Gasteiger charge is -2.16. The molecule has 0 saturated heterocycles. The normalized spacial score (nSPS) is 14.8. The van der Waals surface area contributed by atoms with Crippen molar-refractivity contribution in [2.45, 2.75) is 11.2 Å². The molecule has 21 heavy (non-hydrogen) atoms. The largest absolute Gasteiger partial charge is 0.325 e. The minimum atomic E-state index is -0.143. The van der Waals surface area contributed by atoms with E-state index in [1.807, 2.05) is 24.3 Å². The van der Waals surface area contributed by atoms with Crippen molar-refractivity contribution >= 4 is 66.7 Å². The summed E-state index contributed by atoms with van der Waals surface area (Å²) < 4.78 is 0.834. The molecular weight excluding hydrogens is 441 g/mol. The second-order valence-electron chi connectivity index (χ2n) is 4.76. The van der Waals surface area contributed by atoms with Crippen LogP contribution in [-0.4, -0.2) is 5.91 Å². The van der Waals surface area contributed by atoms with Crippen LogP contribution in [0.15, 0.2) is 34.8 Å². The van der Waals surface area contributed by atoms with Crippen molar-refractivity contribution in [3.8, 4) is 0 Å². The minimum Gasteiger partial charge on any atom is -0.325 e. The van der Waals surface area contributed by atoms with Gasteiger partial charge >= 0.3 is 0 Å². The van der Waals surface area contributed by atoms with E-state index in [1.165, 1.54) is 0 Å². The molecule has 0 aromatic heterocycles. The predicted octanol–water partition coefficient (Wildman–Crippen LogP) is 5.73. The van der Waals surface area contributed by atoms with Gasteiger partial charge < -0.3 is 5.32 Å². The summed E-state index contributed by atoms with van der Waals surface area (Å²) in [5.41, 5.74) is 3.56. The van der Waals surface area contributed by atoms with E-state index in [0.29, 0.717) is 16.5 Å². The Labute approximate surface area is 149 Å². The Kier molecular flexibility index (Phi) is 4.33. The fourth-order valence-corrected chi connectivity index (χ4v) is 4.26. The zero-order valence-electron chi connectivity index (χ0n) is 10.6. The van der Waals surface area contributed by atoms with Crippen LogP contribution >= 0.6 is 55.1 Å². The Bertz CT molecular complexity index is 749. The first-order chi connectivity index (χ1) is 9.97.